The van der Waals surface area contributed by atoms with Gasteiger partial charge in [0.15, 0.2) is 0 Å². The molecule has 4 unspecified atom stereocenters. The van der Waals surface area contributed by atoms with E-state index in [2.05, 4.69) is 19.6 Å². The number of thiol groups is 1. The Morgan fingerprint density at radius 3 is 2.64 bits per heavy atom. The molecule has 2 saturated carbocycles. The second kappa shape index (κ2) is 2.00. The normalized spacial score (nSPS) is 62.1. The minimum Gasteiger partial charge on any atom is -0.398 e. The minimum atomic E-state index is -0.995. The predicted molar refractivity (Wildman–Crippen MR) is 48.9 cm³/mol. The number of aliphatic hydroxyl groups is 1. The molecule has 2 fully saturated rings. The van der Waals surface area contributed by atoms with Crippen molar-refractivity contribution in [3.05, 3.63) is 0 Å². The van der Waals surface area contributed by atoms with E-state index < -0.39 is 5.50 Å². The molecular weight excluding hydrogens is 155 g/mol. The van der Waals surface area contributed by atoms with Crippen molar-refractivity contribution < 1.29 is 5.11 Å². The van der Waals surface area contributed by atoms with E-state index >= 15 is 0 Å². The van der Waals surface area contributed by atoms with E-state index in [-0.39, 0.29) is 4.75 Å². The van der Waals surface area contributed by atoms with E-state index in [1.165, 1.54) is 0 Å². The quantitative estimate of drug-likeness (QED) is 0.407. The first-order chi connectivity index (χ1) is 4.97. The third-order valence-corrected chi connectivity index (χ3v) is 4.50. The number of hydrogen-bond acceptors (Lipinski definition) is 2. The van der Waals surface area contributed by atoms with Crippen LogP contribution >= 0.6 is 12.6 Å². The van der Waals surface area contributed by atoms with Gasteiger partial charge in [-0.15, -0.1) is 0 Å². The zero-order valence-corrected chi connectivity index (χ0v) is 7.64. The fourth-order valence-corrected chi connectivity index (χ4v) is 3.16. The third kappa shape index (κ3) is 0.789. The Morgan fingerprint density at radius 2 is 2.27 bits per heavy atom. The number of fused-ring (bicyclic) bond motifs is 1. The fraction of sp³-hybridized carbons (Fsp3) is 1.00. The smallest absolute Gasteiger partial charge is 0.115 e. The molecule has 0 heterocycles. The van der Waals surface area contributed by atoms with Crippen LogP contribution in [0.5, 0.6) is 0 Å². The molecule has 0 spiro atoms. The summed E-state index contributed by atoms with van der Waals surface area (Å²) < 4.78 is -0.271. The standard InChI is InChI=1S/C8H13BOS/c1-5-2-3-7(11)6(5)4-8(7,9)10/h5-6,10-11H,2-4H2,1H3. The van der Waals surface area contributed by atoms with E-state index in [1.54, 1.807) is 0 Å². The van der Waals surface area contributed by atoms with Crippen molar-refractivity contribution in [2.24, 2.45) is 11.8 Å². The van der Waals surface area contributed by atoms with Gasteiger partial charge in [-0.05, 0) is 31.1 Å². The summed E-state index contributed by atoms with van der Waals surface area (Å²) in [6, 6.07) is 0. The summed E-state index contributed by atoms with van der Waals surface area (Å²) >= 11 is 4.50. The summed E-state index contributed by atoms with van der Waals surface area (Å²) in [5, 5.41) is 9.66. The first-order valence-corrected chi connectivity index (χ1v) is 4.66. The van der Waals surface area contributed by atoms with Crippen molar-refractivity contribution in [2.45, 2.75) is 36.4 Å². The van der Waals surface area contributed by atoms with Crippen molar-refractivity contribution >= 4 is 20.5 Å². The molecule has 3 heteroatoms. The Bertz CT molecular complexity index is 195. The molecule has 0 bridgehead atoms. The van der Waals surface area contributed by atoms with E-state index in [0.717, 1.165) is 19.3 Å². The van der Waals surface area contributed by atoms with Crippen molar-refractivity contribution in [1.82, 2.24) is 0 Å². The number of hydrogen-bond donors (Lipinski definition) is 2. The van der Waals surface area contributed by atoms with Gasteiger partial charge in [0.1, 0.15) is 7.85 Å². The summed E-state index contributed by atoms with van der Waals surface area (Å²) in [4.78, 5) is 0. The Balaban J connectivity index is 2.23. The van der Waals surface area contributed by atoms with E-state index in [0.29, 0.717) is 11.8 Å². The molecule has 1 nitrogen and oxygen atoms in total. The molecule has 0 amide bonds. The van der Waals surface area contributed by atoms with Gasteiger partial charge in [0, 0.05) is 10.2 Å². The molecule has 1 N–H and O–H groups in total. The van der Waals surface area contributed by atoms with Crippen molar-refractivity contribution in [3.63, 3.8) is 0 Å². The summed E-state index contributed by atoms with van der Waals surface area (Å²) in [6.07, 6.45) is 2.86. The van der Waals surface area contributed by atoms with Crippen molar-refractivity contribution in [1.29, 1.82) is 0 Å². The Labute approximate surface area is 74.4 Å². The molecule has 0 aromatic carbocycles. The summed E-state index contributed by atoms with van der Waals surface area (Å²) in [5.41, 5.74) is -0.995. The van der Waals surface area contributed by atoms with Crippen LogP contribution in [-0.4, -0.2) is 23.2 Å². The van der Waals surface area contributed by atoms with Gasteiger partial charge in [-0.1, -0.05) is 6.92 Å². The lowest BCUT2D eigenvalue weighted by molar-refractivity contribution is -0.0406. The summed E-state index contributed by atoms with van der Waals surface area (Å²) in [6.45, 7) is 2.22. The zero-order valence-electron chi connectivity index (χ0n) is 6.75. The average molecular weight is 168 g/mol. The zero-order chi connectivity index (χ0) is 8.28. The van der Waals surface area contributed by atoms with E-state index in [9.17, 15) is 5.11 Å². The molecule has 11 heavy (non-hydrogen) atoms. The van der Waals surface area contributed by atoms with Crippen LogP contribution in [0.3, 0.4) is 0 Å². The Morgan fingerprint density at radius 1 is 1.64 bits per heavy atom. The van der Waals surface area contributed by atoms with Gasteiger partial charge in [0.05, 0.1) is 0 Å². The van der Waals surface area contributed by atoms with Crippen LogP contribution in [0.25, 0.3) is 0 Å². The molecule has 60 valence electrons. The SMILES string of the molecule is [B]C1(O)CC2C(C)CCC21S. The van der Waals surface area contributed by atoms with E-state index in [4.69, 9.17) is 7.85 Å². The van der Waals surface area contributed by atoms with Crippen LogP contribution in [0.2, 0.25) is 0 Å². The maximum absolute atomic E-state index is 9.66. The van der Waals surface area contributed by atoms with Crippen LogP contribution in [-0.2, 0) is 0 Å². The van der Waals surface area contributed by atoms with Crippen molar-refractivity contribution in [2.75, 3.05) is 0 Å². The first-order valence-electron chi connectivity index (χ1n) is 4.21. The molecule has 0 aliphatic heterocycles. The van der Waals surface area contributed by atoms with Gasteiger partial charge < -0.3 is 5.11 Å². The molecular formula is C8H13BOS. The fourth-order valence-electron chi connectivity index (χ4n) is 2.59. The average Bonchev–Trinajstić information content (AvgIpc) is 2.15. The lowest BCUT2D eigenvalue weighted by Gasteiger charge is -2.56. The largest absolute Gasteiger partial charge is 0.398 e. The molecule has 0 saturated heterocycles. The van der Waals surface area contributed by atoms with Crippen LogP contribution in [0, 0.1) is 11.8 Å². The van der Waals surface area contributed by atoms with Gasteiger partial charge in [0.25, 0.3) is 0 Å². The maximum atomic E-state index is 9.66. The topological polar surface area (TPSA) is 20.2 Å². The second-order valence-corrected chi connectivity index (χ2v) is 4.97. The molecule has 0 aromatic heterocycles. The number of rotatable bonds is 0. The Kier molecular flexibility index (Phi) is 1.45. The van der Waals surface area contributed by atoms with Crippen LogP contribution < -0.4 is 0 Å². The second-order valence-electron chi connectivity index (χ2n) is 4.18. The lowest BCUT2D eigenvalue weighted by atomic mass is 9.51. The minimum absolute atomic E-state index is 0.271. The van der Waals surface area contributed by atoms with Crippen LogP contribution in [0.1, 0.15) is 26.2 Å². The highest BCUT2D eigenvalue weighted by Gasteiger charge is 2.63. The van der Waals surface area contributed by atoms with Crippen LogP contribution in [0.15, 0.2) is 0 Å². The van der Waals surface area contributed by atoms with Crippen LogP contribution in [0.4, 0.5) is 0 Å². The van der Waals surface area contributed by atoms with Gasteiger partial charge in [0.2, 0.25) is 0 Å². The highest BCUT2D eigenvalue weighted by Crippen LogP contribution is 2.61. The highest BCUT2D eigenvalue weighted by atomic mass is 32.1. The van der Waals surface area contributed by atoms with Gasteiger partial charge >= 0.3 is 0 Å². The van der Waals surface area contributed by atoms with Gasteiger partial charge in [-0.25, -0.2) is 0 Å². The van der Waals surface area contributed by atoms with Crippen molar-refractivity contribution in [3.8, 4) is 0 Å². The highest BCUT2D eigenvalue weighted by molar-refractivity contribution is 7.82. The predicted octanol–water partition coefficient (Wildman–Crippen LogP) is 0.962. The van der Waals surface area contributed by atoms with Gasteiger partial charge in [-0.3, -0.25) is 0 Å². The summed E-state index contributed by atoms with van der Waals surface area (Å²) in [5.74, 6) is 1.23. The lowest BCUT2D eigenvalue weighted by Crippen LogP contribution is -2.65. The molecule has 2 radical (unpaired) electrons. The molecule has 2 aliphatic carbocycles. The van der Waals surface area contributed by atoms with Gasteiger partial charge in [-0.2, -0.15) is 12.6 Å². The Hall–Kier alpha value is 0.375. The van der Waals surface area contributed by atoms with E-state index in [1.807, 2.05) is 0 Å². The summed E-state index contributed by atoms with van der Waals surface area (Å²) in [7, 11) is 5.68. The monoisotopic (exact) mass is 168 g/mol. The molecule has 2 rings (SSSR count). The molecule has 4 atom stereocenters. The first kappa shape index (κ1) is 8.00. The third-order valence-electron chi connectivity index (χ3n) is 3.56. The molecule has 0 aromatic rings. The maximum Gasteiger partial charge on any atom is 0.115 e. The molecule has 2 aliphatic rings.